The molecule has 0 bridgehead atoms. The molecule has 0 aromatic heterocycles. The third-order valence-corrected chi connectivity index (χ3v) is 2.86. The first kappa shape index (κ1) is 9.19. The van der Waals surface area contributed by atoms with Crippen molar-refractivity contribution in [2.24, 2.45) is 0 Å². The number of halogens is 1. The van der Waals surface area contributed by atoms with Crippen molar-refractivity contribution in [1.29, 1.82) is 0 Å². The molecule has 0 heterocycles. The Bertz CT molecular complexity index is 358. The molecule has 0 atom stereocenters. The highest BCUT2D eigenvalue weighted by molar-refractivity contribution is 5.71. The number of nitrogens with two attached hydrogens (primary N) is 1. The van der Waals surface area contributed by atoms with Crippen LogP contribution in [0.1, 0.15) is 18.4 Å². The lowest BCUT2D eigenvalue weighted by Gasteiger charge is -2.40. The number of hydrogen-bond donors (Lipinski definition) is 1. The number of carbonyl (C=O) groups is 1. The largest absolute Gasteiger partial charge is 0.399 e. The molecule has 74 valence electrons. The van der Waals surface area contributed by atoms with Gasteiger partial charge in [0, 0.05) is 5.69 Å². The number of rotatable bonds is 2. The maximum absolute atomic E-state index is 12.8. The molecule has 0 amide bonds. The molecule has 1 aromatic carbocycles. The second-order valence-corrected chi connectivity index (χ2v) is 3.90. The summed E-state index contributed by atoms with van der Waals surface area (Å²) < 4.78 is 12.8. The first-order valence-corrected chi connectivity index (χ1v) is 4.63. The number of hydrogen-bond acceptors (Lipinski definition) is 2. The van der Waals surface area contributed by atoms with Crippen molar-refractivity contribution in [3.8, 4) is 0 Å². The Balaban J connectivity index is 2.33. The van der Waals surface area contributed by atoms with Gasteiger partial charge in [-0.15, -0.1) is 0 Å². The minimum atomic E-state index is -0.846. The Morgan fingerprint density at radius 3 is 2.71 bits per heavy atom. The van der Waals surface area contributed by atoms with Crippen LogP contribution in [0.2, 0.25) is 0 Å². The highest BCUT2D eigenvalue weighted by Crippen LogP contribution is 2.44. The molecule has 1 saturated carbocycles. The topological polar surface area (TPSA) is 43.1 Å². The lowest BCUT2D eigenvalue weighted by Crippen LogP contribution is -2.43. The van der Waals surface area contributed by atoms with Crippen molar-refractivity contribution < 1.29 is 9.18 Å². The van der Waals surface area contributed by atoms with Gasteiger partial charge in [0.1, 0.15) is 12.5 Å². The molecule has 0 saturated heterocycles. The van der Waals surface area contributed by atoms with E-state index in [-0.39, 0.29) is 0 Å². The summed E-state index contributed by atoms with van der Waals surface area (Å²) in [5, 5.41) is 0. The van der Waals surface area contributed by atoms with Crippen LogP contribution in [0.3, 0.4) is 0 Å². The van der Waals surface area contributed by atoms with Gasteiger partial charge in [0.2, 0.25) is 0 Å². The van der Waals surface area contributed by atoms with E-state index in [4.69, 9.17) is 5.73 Å². The first-order valence-electron chi connectivity index (χ1n) is 4.63. The van der Waals surface area contributed by atoms with Crippen molar-refractivity contribution in [3.05, 3.63) is 29.8 Å². The van der Waals surface area contributed by atoms with E-state index in [9.17, 15) is 9.18 Å². The van der Waals surface area contributed by atoms with E-state index < -0.39 is 11.6 Å². The van der Waals surface area contributed by atoms with Crippen LogP contribution in [-0.4, -0.2) is 12.5 Å². The Morgan fingerprint density at radius 1 is 1.50 bits per heavy atom. The summed E-state index contributed by atoms with van der Waals surface area (Å²) in [6, 6.07) is 7.13. The summed E-state index contributed by atoms with van der Waals surface area (Å²) in [7, 11) is 0. The van der Waals surface area contributed by atoms with Gasteiger partial charge in [-0.25, -0.2) is 4.39 Å². The molecule has 1 fully saturated rings. The highest BCUT2D eigenvalue weighted by atomic mass is 19.1. The Kier molecular flexibility index (Phi) is 2.02. The number of benzene rings is 1. The molecule has 2 nitrogen and oxygen atoms in total. The third-order valence-electron chi connectivity index (χ3n) is 2.86. The quantitative estimate of drug-likeness (QED) is 0.575. The van der Waals surface area contributed by atoms with Crippen molar-refractivity contribution in [3.63, 3.8) is 0 Å². The van der Waals surface area contributed by atoms with E-state index in [1.807, 2.05) is 6.07 Å². The standard InChI is InChI=1S/C11H12FNO/c12-9-5-11(6-9,7-14)8-2-1-3-10(13)4-8/h1-4,7,9H,5-6,13H2. The minimum Gasteiger partial charge on any atom is -0.399 e. The maximum Gasteiger partial charge on any atom is 0.130 e. The summed E-state index contributed by atoms with van der Waals surface area (Å²) in [5.74, 6) is 0. The van der Waals surface area contributed by atoms with Crippen molar-refractivity contribution in [1.82, 2.24) is 0 Å². The van der Waals surface area contributed by atoms with Gasteiger partial charge in [0.05, 0.1) is 5.41 Å². The fraction of sp³-hybridized carbons (Fsp3) is 0.364. The van der Waals surface area contributed by atoms with Crippen LogP contribution in [0.4, 0.5) is 10.1 Å². The molecule has 0 radical (unpaired) electrons. The monoisotopic (exact) mass is 193 g/mol. The molecule has 0 unspecified atom stereocenters. The molecule has 1 aliphatic rings. The van der Waals surface area contributed by atoms with E-state index in [0.717, 1.165) is 11.8 Å². The van der Waals surface area contributed by atoms with Gasteiger partial charge in [-0.2, -0.15) is 0 Å². The molecular weight excluding hydrogens is 181 g/mol. The predicted molar refractivity (Wildman–Crippen MR) is 52.7 cm³/mol. The summed E-state index contributed by atoms with van der Waals surface area (Å²) in [4.78, 5) is 11.0. The van der Waals surface area contributed by atoms with Crippen molar-refractivity contribution >= 4 is 12.0 Å². The molecule has 2 rings (SSSR count). The van der Waals surface area contributed by atoms with Gasteiger partial charge in [0.15, 0.2) is 0 Å². The van der Waals surface area contributed by atoms with Gasteiger partial charge in [-0.1, -0.05) is 12.1 Å². The second kappa shape index (κ2) is 3.08. The molecule has 0 spiro atoms. The van der Waals surface area contributed by atoms with Gasteiger partial charge in [-0.05, 0) is 30.5 Å². The lowest BCUT2D eigenvalue weighted by molar-refractivity contribution is -0.117. The Hall–Kier alpha value is -1.38. The van der Waals surface area contributed by atoms with Crippen molar-refractivity contribution in [2.75, 3.05) is 5.73 Å². The number of alkyl halides is 1. The number of nitrogen functional groups attached to an aromatic ring is 1. The Labute approximate surface area is 81.9 Å². The van der Waals surface area contributed by atoms with Crippen LogP contribution in [0.25, 0.3) is 0 Å². The molecule has 1 aromatic rings. The van der Waals surface area contributed by atoms with E-state index >= 15 is 0 Å². The van der Waals surface area contributed by atoms with Gasteiger partial charge < -0.3 is 10.5 Å². The maximum atomic E-state index is 12.8. The number of carbonyl (C=O) groups excluding carboxylic acids is 1. The SMILES string of the molecule is Nc1cccc(C2(C=O)CC(F)C2)c1. The van der Waals surface area contributed by atoms with Crippen LogP contribution >= 0.6 is 0 Å². The third kappa shape index (κ3) is 1.29. The van der Waals surface area contributed by atoms with Crippen LogP contribution in [0, 0.1) is 0 Å². The normalized spacial score (nSPS) is 30.8. The predicted octanol–water partition coefficient (Wildman–Crippen LogP) is 1.84. The van der Waals surface area contributed by atoms with Gasteiger partial charge in [-0.3, -0.25) is 0 Å². The summed E-state index contributed by atoms with van der Waals surface area (Å²) in [6.07, 6.45) is 0.583. The van der Waals surface area contributed by atoms with Gasteiger partial charge >= 0.3 is 0 Å². The molecule has 2 N–H and O–H groups in total. The minimum absolute atomic E-state index is 0.292. The number of aldehydes is 1. The zero-order valence-electron chi connectivity index (χ0n) is 7.74. The zero-order chi connectivity index (χ0) is 10.2. The van der Waals surface area contributed by atoms with Crippen LogP contribution in [0.15, 0.2) is 24.3 Å². The summed E-state index contributed by atoms with van der Waals surface area (Å²) in [6.45, 7) is 0. The Morgan fingerprint density at radius 2 is 2.21 bits per heavy atom. The zero-order valence-corrected chi connectivity index (χ0v) is 7.74. The smallest absolute Gasteiger partial charge is 0.130 e. The average molecular weight is 193 g/mol. The van der Waals surface area contributed by atoms with E-state index in [0.29, 0.717) is 18.5 Å². The number of anilines is 1. The highest BCUT2D eigenvalue weighted by Gasteiger charge is 2.46. The fourth-order valence-electron chi connectivity index (χ4n) is 1.98. The second-order valence-electron chi connectivity index (χ2n) is 3.90. The lowest BCUT2D eigenvalue weighted by atomic mass is 9.64. The molecular formula is C11H12FNO. The molecule has 0 aliphatic heterocycles. The van der Waals surface area contributed by atoms with E-state index in [1.165, 1.54) is 0 Å². The van der Waals surface area contributed by atoms with Crippen molar-refractivity contribution in [2.45, 2.75) is 24.4 Å². The van der Waals surface area contributed by atoms with Gasteiger partial charge in [0.25, 0.3) is 0 Å². The molecule has 1 aliphatic carbocycles. The molecule has 14 heavy (non-hydrogen) atoms. The van der Waals surface area contributed by atoms with E-state index in [2.05, 4.69) is 0 Å². The summed E-state index contributed by atoms with van der Waals surface area (Å²) in [5.41, 5.74) is 6.45. The molecule has 3 heteroatoms. The first-order chi connectivity index (χ1) is 6.66. The van der Waals surface area contributed by atoms with Crippen LogP contribution in [0.5, 0.6) is 0 Å². The fourth-order valence-corrected chi connectivity index (χ4v) is 1.98. The van der Waals surface area contributed by atoms with Crippen LogP contribution in [-0.2, 0) is 10.2 Å². The van der Waals surface area contributed by atoms with Crippen LogP contribution < -0.4 is 5.73 Å². The van der Waals surface area contributed by atoms with E-state index in [1.54, 1.807) is 18.2 Å². The summed E-state index contributed by atoms with van der Waals surface area (Å²) >= 11 is 0. The average Bonchev–Trinajstić information content (AvgIpc) is 2.12.